The molecule has 1 saturated heterocycles. The molecule has 8 heteroatoms. The third-order valence-electron chi connectivity index (χ3n) is 3.57. The molecule has 1 aromatic rings. The lowest BCUT2D eigenvalue weighted by Gasteiger charge is -2.25. The van der Waals surface area contributed by atoms with Crippen molar-refractivity contribution in [3.63, 3.8) is 0 Å². The van der Waals surface area contributed by atoms with Crippen molar-refractivity contribution in [3.8, 4) is 0 Å². The number of nitrogens with zero attached hydrogens (tertiary/aromatic N) is 3. The molecule has 0 aromatic carbocycles. The van der Waals surface area contributed by atoms with Crippen LogP contribution >= 0.6 is 11.3 Å². The molecule has 2 aliphatic rings. The first kappa shape index (κ1) is 14.4. The third-order valence-corrected chi connectivity index (χ3v) is 4.62. The van der Waals surface area contributed by atoms with E-state index in [0.29, 0.717) is 22.7 Å². The van der Waals surface area contributed by atoms with E-state index >= 15 is 0 Å². The van der Waals surface area contributed by atoms with Crippen LogP contribution in [0.15, 0.2) is 9.79 Å². The van der Waals surface area contributed by atoms with Crippen molar-refractivity contribution in [1.82, 2.24) is 9.47 Å². The topological polar surface area (TPSA) is 73.1 Å². The van der Waals surface area contributed by atoms with Gasteiger partial charge in [0.2, 0.25) is 0 Å². The number of carbonyl (C=O) groups is 1. The number of ether oxygens (including phenoxy) is 2. The molecule has 0 amide bonds. The van der Waals surface area contributed by atoms with Gasteiger partial charge in [-0.05, 0) is 12.8 Å². The number of rotatable bonds is 3. The van der Waals surface area contributed by atoms with Crippen molar-refractivity contribution in [2.45, 2.75) is 25.6 Å². The van der Waals surface area contributed by atoms with E-state index in [-0.39, 0.29) is 11.7 Å². The van der Waals surface area contributed by atoms with Crippen LogP contribution in [0.3, 0.4) is 0 Å². The Balaban J connectivity index is 1.81. The second-order valence-electron chi connectivity index (χ2n) is 5.08. The van der Waals surface area contributed by atoms with Crippen LogP contribution in [-0.2, 0) is 20.9 Å². The van der Waals surface area contributed by atoms with E-state index in [9.17, 15) is 9.59 Å². The zero-order chi connectivity index (χ0) is 14.8. The van der Waals surface area contributed by atoms with Crippen molar-refractivity contribution in [3.05, 3.63) is 19.7 Å². The third kappa shape index (κ3) is 3.07. The first-order valence-corrected chi connectivity index (χ1v) is 7.67. The van der Waals surface area contributed by atoms with Gasteiger partial charge in [0.15, 0.2) is 4.80 Å². The molecule has 0 unspecified atom stereocenters. The molecule has 0 N–H and O–H groups in total. The molecule has 21 heavy (non-hydrogen) atoms. The summed E-state index contributed by atoms with van der Waals surface area (Å²) in [5, 5.41) is 0. The molecule has 0 aliphatic carbocycles. The van der Waals surface area contributed by atoms with E-state index in [1.54, 1.807) is 4.57 Å². The summed E-state index contributed by atoms with van der Waals surface area (Å²) in [5.74, 6) is -0.525. The van der Waals surface area contributed by atoms with Gasteiger partial charge in [0.05, 0.1) is 26.6 Å². The fraction of sp³-hybridized carbons (Fsp3) is 0.615. The minimum Gasteiger partial charge on any atom is -0.466 e. The second kappa shape index (κ2) is 6.08. The van der Waals surface area contributed by atoms with Crippen LogP contribution in [0, 0.1) is 0 Å². The number of thiazole rings is 1. The number of hydrogen-bond donors (Lipinski definition) is 0. The minimum absolute atomic E-state index is 0.193. The summed E-state index contributed by atoms with van der Waals surface area (Å²) in [6.45, 7) is 2.64. The minimum atomic E-state index is -0.525. The quantitative estimate of drug-likeness (QED) is 0.662. The van der Waals surface area contributed by atoms with Gasteiger partial charge in [0, 0.05) is 19.2 Å². The largest absolute Gasteiger partial charge is 0.466 e. The van der Waals surface area contributed by atoms with Crippen LogP contribution in [0.1, 0.15) is 12.8 Å². The molecule has 1 atom stereocenters. The maximum atomic E-state index is 12.3. The predicted molar refractivity (Wildman–Crippen MR) is 76.4 cm³/mol. The zero-order valence-electron chi connectivity index (χ0n) is 11.8. The van der Waals surface area contributed by atoms with Crippen molar-refractivity contribution in [2.24, 2.45) is 4.99 Å². The van der Waals surface area contributed by atoms with Crippen molar-refractivity contribution in [1.29, 1.82) is 0 Å². The van der Waals surface area contributed by atoms with Gasteiger partial charge in [-0.25, -0.2) is 9.79 Å². The Morgan fingerprint density at radius 1 is 1.62 bits per heavy atom. The lowest BCUT2D eigenvalue weighted by Crippen LogP contribution is -2.45. The highest BCUT2D eigenvalue weighted by atomic mass is 32.1. The first-order valence-electron chi connectivity index (χ1n) is 6.85. The average molecular weight is 311 g/mol. The maximum absolute atomic E-state index is 12.3. The Hall–Kier alpha value is -1.51. The molecular formula is C13H17N3O4S. The van der Waals surface area contributed by atoms with Crippen LogP contribution in [0.25, 0.3) is 6.08 Å². The molecule has 2 aliphatic heterocycles. The number of methoxy groups -OCH3 is 1. The second-order valence-corrected chi connectivity index (χ2v) is 6.09. The fourth-order valence-electron chi connectivity index (χ4n) is 2.51. The molecule has 1 aromatic heterocycles. The van der Waals surface area contributed by atoms with Gasteiger partial charge in [0.1, 0.15) is 4.53 Å². The number of aromatic nitrogens is 1. The van der Waals surface area contributed by atoms with Crippen LogP contribution < -0.4 is 14.9 Å². The van der Waals surface area contributed by atoms with E-state index in [1.165, 1.54) is 24.5 Å². The molecule has 0 saturated carbocycles. The summed E-state index contributed by atoms with van der Waals surface area (Å²) >= 11 is 1.22. The Bertz CT molecular complexity index is 702. The van der Waals surface area contributed by atoms with Crippen LogP contribution in [0.4, 0.5) is 0 Å². The van der Waals surface area contributed by atoms with Gasteiger partial charge < -0.3 is 9.47 Å². The number of fused-ring (bicyclic) bond motifs is 1. The van der Waals surface area contributed by atoms with Gasteiger partial charge in [-0.3, -0.25) is 14.3 Å². The molecule has 0 radical (unpaired) electrons. The van der Waals surface area contributed by atoms with E-state index in [1.807, 2.05) is 0 Å². The lowest BCUT2D eigenvalue weighted by molar-refractivity contribution is -0.133. The molecule has 7 nitrogen and oxygen atoms in total. The number of carbonyl (C=O) groups excluding carboxylic acids is 1. The smallest absolute Gasteiger partial charge is 0.332 e. The SMILES string of the molecule is COC(=O)/C=c1\sc2n(c1=O)CN(C[C@@H]1CCCO1)CN=2. The summed E-state index contributed by atoms with van der Waals surface area (Å²) < 4.78 is 12.1. The number of esters is 1. The Morgan fingerprint density at radius 2 is 2.48 bits per heavy atom. The molecule has 0 bridgehead atoms. The molecule has 3 heterocycles. The molecule has 114 valence electrons. The van der Waals surface area contributed by atoms with Gasteiger partial charge in [-0.1, -0.05) is 11.3 Å². The average Bonchev–Trinajstić information content (AvgIpc) is 3.09. The normalized spacial score (nSPS) is 22.9. The van der Waals surface area contributed by atoms with Gasteiger partial charge in [0.25, 0.3) is 5.56 Å². The van der Waals surface area contributed by atoms with Gasteiger partial charge in [-0.15, -0.1) is 0 Å². The summed E-state index contributed by atoms with van der Waals surface area (Å²) in [4.78, 5) is 30.7. The highest BCUT2D eigenvalue weighted by Crippen LogP contribution is 2.13. The van der Waals surface area contributed by atoms with Gasteiger partial charge in [-0.2, -0.15) is 0 Å². The van der Waals surface area contributed by atoms with Crippen LogP contribution in [0.2, 0.25) is 0 Å². The lowest BCUT2D eigenvalue weighted by atomic mass is 10.2. The first-order chi connectivity index (χ1) is 10.2. The van der Waals surface area contributed by atoms with Crippen molar-refractivity contribution in [2.75, 3.05) is 26.9 Å². The monoisotopic (exact) mass is 311 g/mol. The van der Waals surface area contributed by atoms with E-state index in [0.717, 1.165) is 26.0 Å². The van der Waals surface area contributed by atoms with E-state index in [2.05, 4.69) is 14.6 Å². The van der Waals surface area contributed by atoms with Crippen molar-refractivity contribution >= 4 is 23.4 Å². The summed E-state index contributed by atoms with van der Waals surface area (Å²) in [6, 6.07) is 0. The highest BCUT2D eigenvalue weighted by molar-refractivity contribution is 7.07. The van der Waals surface area contributed by atoms with Crippen molar-refractivity contribution < 1.29 is 14.3 Å². The molecule has 0 spiro atoms. The highest BCUT2D eigenvalue weighted by Gasteiger charge is 2.22. The molecular weight excluding hydrogens is 294 g/mol. The van der Waals surface area contributed by atoms with Crippen LogP contribution in [-0.4, -0.2) is 48.5 Å². The molecule has 1 fully saturated rings. The molecule has 3 rings (SSSR count). The predicted octanol–water partition coefficient (Wildman–Crippen LogP) is -1.11. The van der Waals surface area contributed by atoms with Crippen LogP contribution in [0.5, 0.6) is 0 Å². The maximum Gasteiger partial charge on any atom is 0.332 e. The summed E-state index contributed by atoms with van der Waals surface area (Å²) in [7, 11) is 1.29. The Morgan fingerprint density at radius 3 is 3.19 bits per heavy atom. The Labute approximate surface area is 125 Å². The standard InChI is InChI=1S/C13H17N3O4S/c1-19-11(17)5-10-12(18)16-8-15(7-14-13(16)21-10)6-9-3-2-4-20-9/h5,9H,2-4,6-8H2,1H3/b10-5-/t9-/m0/s1. The van der Waals surface area contributed by atoms with Gasteiger partial charge >= 0.3 is 5.97 Å². The summed E-state index contributed by atoms with van der Waals surface area (Å²) in [5.41, 5.74) is -0.193. The Kier molecular flexibility index (Phi) is 4.18. The fourth-order valence-corrected chi connectivity index (χ4v) is 3.44. The van der Waals surface area contributed by atoms with E-state index < -0.39 is 5.97 Å². The number of hydrogen-bond acceptors (Lipinski definition) is 7. The van der Waals surface area contributed by atoms with E-state index in [4.69, 9.17) is 4.74 Å². The zero-order valence-corrected chi connectivity index (χ0v) is 12.6. The summed E-state index contributed by atoms with van der Waals surface area (Å²) in [6.07, 6.45) is 3.61.